The lowest BCUT2D eigenvalue weighted by atomic mass is 9.89. The van der Waals surface area contributed by atoms with E-state index in [1.807, 2.05) is 4.90 Å². The number of benzene rings is 1. The van der Waals surface area contributed by atoms with Crippen molar-refractivity contribution in [2.45, 2.75) is 31.5 Å². The highest BCUT2D eigenvalue weighted by atomic mass is 35.5. The number of aliphatic imine (C=N–C) groups is 1. The van der Waals surface area contributed by atoms with Crippen LogP contribution >= 0.6 is 22.9 Å². The smallest absolute Gasteiger partial charge is 0.333 e. The molecule has 2 aliphatic heterocycles. The molecule has 2 aliphatic rings. The Labute approximate surface area is 212 Å². The van der Waals surface area contributed by atoms with E-state index in [1.165, 1.54) is 48.9 Å². The number of nitrogens with zero attached hydrogens (tertiary/aromatic N) is 5. The molecule has 1 aromatic carbocycles. The molecule has 0 amide bonds. The first-order chi connectivity index (χ1) is 17.1. The Kier molecular flexibility index (Phi) is 6.35. The number of hydrogen-bond acceptors (Lipinski definition) is 8. The molecule has 8 nitrogen and oxygen atoms in total. The molecule has 0 spiro atoms. The fourth-order valence-corrected chi connectivity index (χ4v) is 5.37. The summed E-state index contributed by atoms with van der Waals surface area (Å²) in [6.45, 7) is -1.36. The van der Waals surface area contributed by atoms with Crippen molar-refractivity contribution in [3.63, 3.8) is 0 Å². The van der Waals surface area contributed by atoms with Gasteiger partial charge in [-0.1, -0.05) is 17.7 Å². The molecule has 2 N–H and O–H groups in total. The normalized spacial score (nSPS) is 21.7. The van der Waals surface area contributed by atoms with Gasteiger partial charge in [0, 0.05) is 59.5 Å². The quantitative estimate of drug-likeness (QED) is 0.469. The molecule has 3 aromatic rings. The van der Waals surface area contributed by atoms with Crippen LogP contribution in [0.5, 0.6) is 0 Å². The maximum absolute atomic E-state index is 13.9. The van der Waals surface area contributed by atoms with Crippen LogP contribution in [0.2, 0.25) is 5.02 Å². The SMILES string of the molecule is CC(=O)OC[C@]1(N)CC2=C(c3cnn(C(F)F)c3)[C@H](c3ccc(F)cc3Cl)N=C(c3nccs3)N2C1. The van der Waals surface area contributed by atoms with Gasteiger partial charge in [0.05, 0.1) is 11.7 Å². The van der Waals surface area contributed by atoms with E-state index >= 15 is 0 Å². The van der Waals surface area contributed by atoms with Crippen molar-refractivity contribution in [2.75, 3.05) is 13.2 Å². The van der Waals surface area contributed by atoms with E-state index in [2.05, 4.69) is 10.1 Å². The molecular formula is C23H20ClF3N6O2S. The van der Waals surface area contributed by atoms with E-state index in [1.54, 1.807) is 11.6 Å². The maximum atomic E-state index is 13.9. The summed E-state index contributed by atoms with van der Waals surface area (Å²) in [5.41, 5.74) is 7.79. The number of rotatable bonds is 6. The fourth-order valence-electron chi connectivity index (χ4n) is 4.46. The first-order valence-electron chi connectivity index (χ1n) is 10.8. The van der Waals surface area contributed by atoms with Crippen molar-refractivity contribution in [3.05, 3.63) is 74.8 Å². The number of thiazole rings is 1. The zero-order valence-electron chi connectivity index (χ0n) is 18.9. The van der Waals surface area contributed by atoms with E-state index in [-0.39, 0.29) is 24.6 Å². The van der Waals surface area contributed by atoms with Crippen molar-refractivity contribution in [2.24, 2.45) is 10.7 Å². The van der Waals surface area contributed by atoms with Crippen LogP contribution in [0.15, 0.2) is 52.9 Å². The van der Waals surface area contributed by atoms with E-state index in [0.29, 0.717) is 37.9 Å². The number of aromatic nitrogens is 3. The average molecular weight is 537 g/mol. The third kappa shape index (κ3) is 4.51. The number of halogens is 4. The molecule has 1 fully saturated rings. The largest absolute Gasteiger partial charge is 0.464 e. The number of carbonyl (C=O) groups excluding carboxylic acids is 1. The fraction of sp³-hybridized carbons (Fsp3) is 0.304. The Balaban J connectivity index is 1.71. The molecule has 0 bridgehead atoms. The lowest BCUT2D eigenvalue weighted by Gasteiger charge is -2.32. The summed E-state index contributed by atoms with van der Waals surface area (Å²) >= 11 is 7.81. The first-order valence-corrected chi connectivity index (χ1v) is 12.1. The average Bonchev–Trinajstić information content (AvgIpc) is 3.57. The molecule has 36 heavy (non-hydrogen) atoms. The van der Waals surface area contributed by atoms with Gasteiger partial charge >= 0.3 is 12.5 Å². The number of carbonyl (C=O) groups is 1. The monoisotopic (exact) mass is 536 g/mol. The number of esters is 1. The van der Waals surface area contributed by atoms with E-state index in [0.717, 1.165) is 0 Å². The third-order valence-corrected chi connectivity index (χ3v) is 7.06. The minimum atomic E-state index is -2.84. The zero-order chi connectivity index (χ0) is 25.6. The predicted molar refractivity (Wildman–Crippen MR) is 128 cm³/mol. The molecule has 1 saturated heterocycles. The lowest BCUT2D eigenvalue weighted by molar-refractivity contribution is -0.142. The number of amidine groups is 1. The van der Waals surface area contributed by atoms with Crippen molar-refractivity contribution in [1.29, 1.82) is 0 Å². The first kappa shape index (κ1) is 24.5. The molecule has 5 rings (SSSR count). The molecule has 0 radical (unpaired) electrons. The van der Waals surface area contributed by atoms with Crippen molar-refractivity contribution in [1.82, 2.24) is 19.7 Å². The minimum absolute atomic E-state index is 0.0565. The highest BCUT2D eigenvalue weighted by Gasteiger charge is 2.46. The van der Waals surface area contributed by atoms with Gasteiger partial charge in [-0.15, -0.1) is 11.3 Å². The Morgan fingerprint density at radius 1 is 1.42 bits per heavy atom. The van der Waals surface area contributed by atoms with Crippen LogP contribution in [-0.2, 0) is 9.53 Å². The van der Waals surface area contributed by atoms with Gasteiger partial charge in [-0.25, -0.2) is 14.1 Å². The van der Waals surface area contributed by atoms with Gasteiger partial charge in [-0.3, -0.25) is 9.79 Å². The van der Waals surface area contributed by atoms with Crippen LogP contribution in [0.3, 0.4) is 0 Å². The Morgan fingerprint density at radius 3 is 2.86 bits per heavy atom. The van der Waals surface area contributed by atoms with E-state index < -0.39 is 29.9 Å². The topological polar surface area (TPSA) is 98.6 Å². The zero-order valence-corrected chi connectivity index (χ0v) is 20.4. The summed E-state index contributed by atoms with van der Waals surface area (Å²) in [6.07, 6.45) is 4.43. The van der Waals surface area contributed by atoms with Gasteiger partial charge < -0.3 is 15.4 Å². The van der Waals surface area contributed by atoms with Crippen molar-refractivity contribution >= 4 is 40.3 Å². The Hall–Kier alpha value is -3.22. The molecular weight excluding hydrogens is 517 g/mol. The van der Waals surface area contributed by atoms with Crippen molar-refractivity contribution < 1.29 is 22.7 Å². The lowest BCUT2D eigenvalue weighted by Crippen LogP contribution is -2.48. The van der Waals surface area contributed by atoms with Gasteiger partial charge in [-0.2, -0.15) is 13.9 Å². The van der Waals surface area contributed by atoms with Crippen LogP contribution in [-0.4, -0.2) is 50.2 Å². The van der Waals surface area contributed by atoms with Gasteiger partial charge in [-0.05, 0) is 17.7 Å². The molecule has 0 saturated carbocycles. The second kappa shape index (κ2) is 9.34. The highest BCUT2D eigenvalue weighted by molar-refractivity contribution is 7.11. The highest BCUT2D eigenvalue weighted by Crippen LogP contribution is 2.48. The minimum Gasteiger partial charge on any atom is -0.464 e. The van der Waals surface area contributed by atoms with E-state index in [4.69, 9.17) is 27.1 Å². The number of ether oxygens (including phenoxy) is 1. The van der Waals surface area contributed by atoms with Crippen LogP contribution in [0.1, 0.15) is 42.1 Å². The molecule has 188 valence electrons. The molecule has 2 aromatic heterocycles. The van der Waals surface area contributed by atoms with Gasteiger partial charge in [0.2, 0.25) is 0 Å². The molecule has 0 aliphatic carbocycles. The Morgan fingerprint density at radius 2 is 2.22 bits per heavy atom. The van der Waals surface area contributed by atoms with Crippen LogP contribution in [0.25, 0.3) is 5.57 Å². The summed E-state index contributed by atoms with van der Waals surface area (Å²) in [4.78, 5) is 22.7. The second-order valence-electron chi connectivity index (χ2n) is 8.61. The molecule has 0 unspecified atom stereocenters. The Bertz CT molecular complexity index is 1380. The number of hydrogen-bond donors (Lipinski definition) is 1. The van der Waals surface area contributed by atoms with Gasteiger partial charge in [0.15, 0.2) is 10.8 Å². The van der Waals surface area contributed by atoms with E-state index in [9.17, 15) is 18.0 Å². The van der Waals surface area contributed by atoms with Gasteiger partial charge in [0.25, 0.3) is 0 Å². The van der Waals surface area contributed by atoms with Crippen LogP contribution < -0.4 is 5.73 Å². The number of fused-ring (bicyclic) bond motifs is 1. The number of nitrogens with two attached hydrogens (primary N) is 1. The molecule has 4 heterocycles. The van der Waals surface area contributed by atoms with Crippen LogP contribution in [0.4, 0.5) is 13.2 Å². The summed E-state index contributed by atoms with van der Waals surface area (Å²) in [7, 11) is 0. The van der Waals surface area contributed by atoms with Crippen molar-refractivity contribution in [3.8, 4) is 0 Å². The number of alkyl halides is 2. The molecule has 13 heteroatoms. The molecule has 2 atom stereocenters. The third-order valence-electron chi connectivity index (χ3n) is 5.97. The summed E-state index contributed by atoms with van der Waals surface area (Å²) in [6, 6.07) is 3.17. The summed E-state index contributed by atoms with van der Waals surface area (Å²) in [5, 5.41) is 6.33. The second-order valence-corrected chi connectivity index (χ2v) is 9.91. The summed E-state index contributed by atoms with van der Waals surface area (Å²) < 4.78 is 46.5. The van der Waals surface area contributed by atoms with Gasteiger partial charge in [0.1, 0.15) is 18.5 Å². The predicted octanol–water partition coefficient (Wildman–Crippen LogP) is 4.41. The van der Waals surface area contributed by atoms with Crippen LogP contribution in [0, 0.1) is 5.82 Å². The maximum Gasteiger partial charge on any atom is 0.333 e. The standard InChI is InChI=1S/C23H20ClF3N6O2S/c1-12(34)35-11-23(28)7-17-18(13-8-30-33(9-13)22(26)27)19(15-3-2-14(25)6-16(15)24)31-20(32(17)10-23)21-29-4-5-36-21/h2-6,8-9,19,22H,7,10-11,28H2,1H3/t19-,23-/m0/s1. The summed E-state index contributed by atoms with van der Waals surface area (Å²) in [5.74, 6) is -0.485.